The van der Waals surface area contributed by atoms with E-state index in [1.165, 1.54) is 23.1 Å². The molecule has 7 nitrogen and oxygen atoms in total. The average molecular weight is 498 g/mol. The molecule has 0 bridgehead atoms. The van der Waals surface area contributed by atoms with Crippen molar-refractivity contribution in [2.24, 2.45) is 0 Å². The van der Waals surface area contributed by atoms with Crippen molar-refractivity contribution in [2.75, 3.05) is 51.1 Å². The summed E-state index contributed by atoms with van der Waals surface area (Å²) in [5.41, 5.74) is 2.54. The van der Waals surface area contributed by atoms with Crippen molar-refractivity contribution >= 4 is 40.5 Å². The number of carbonyl (C=O) groups excluding carboxylic acids is 2. The predicted molar refractivity (Wildman–Crippen MR) is 136 cm³/mol. The molecule has 1 aliphatic rings. The van der Waals surface area contributed by atoms with Crippen LogP contribution in [0.15, 0.2) is 58.3 Å². The van der Waals surface area contributed by atoms with E-state index in [4.69, 9.17) is 9.47 Å². The van der Waals surface area contributed by atoms with Crippen LogP contribution < -0.4 is 14.4 Å². The fourth-order valence-electron chi connectivity index (χ4n) is 3.70. The van der Waals surface area contributed by atoms with Gasteiger partial charge in [-0.25, -0.2) is 4.98 Å². The minimum absolute atomic E-state index is 0.0372. The van der Waals surface area contributed by atoms with Crippen LogP contribution in [0.5, 0.6) is 11.5 Å². The summed E-state index contributed by atoms with van der Waals surface area (Å²) >= 11 is 2.88. The fourth-order valence-corrected chi connectivity index (χ4v) is 5.44. The Morgan fingerprint density at radius 2 is 1.56 bits per heavy atom. The first-order chi connectivity index (χ1) is 16.6. The van der Waals surface area contributed by atoms with Gasteiger partial charge < -0.3 is 19.3 Å². The minimum atomic E-state index is 0.0372. The highest BCUT2D eigenvalue weighted by Crippen LogP contribution is 2.25. The molecule has 34 heavy (non-hydrogen) atoms. The molecule has 1 fully saturated rings. The number of aromatic nitrogens is 1. The SMILES string of the molecule is COc1ccc(C(=O)CSc2nc(CC(=O)N3CCN(c4ccc(OC)cc4)CC3)cs2)cc1. The van der Waals surface area contributed by atoms with Gasteiger partial charge in [0.2, 0.25) is 5.91 Å². The van der Waals surface area contributed by atoms with Crippen LogP contribution in [0, 0.1) is 0 Å². The number of anilines is 1. The van der Waals surface area contributed by atoms with Crippen LogP contribution in [0.25, 0.3) is 0 Å². The molecular weight excluding hydrogens is 470 g/mol. The number of carbonyl (C=O) groups is 2. The van der Waals surface area contributed by atoms with E-state index in [1.54, 1.807) is 38.5 Å². The number of piperazine rings is 1. The molecule has 2 heterocycles. The number of amides is 1. The second-order valence-electron chi connectivity index (χ2n) is 7.79. The number of methoxy groups -OCH3 is 2. The first-order valence-corrected chi connectivity index (χ1v) is 12.8. The number of thioether (sulfide) groups is 1. The molecule has 0 spiro atoms. The molecule has 0 saturated carbocycles. The van der Waals surface area contributed by atoms with Crippen molar-refractivity contribution < 1.29 is 19.1 Å². The van der Waals surface area contributed by atoms with Crippen LogP contribution in [0.4, 0.5) is 5.69 Å². The van der Waals surface area contributed by atoms with Gasteiger partial charge in [0.25, 0.3) is 0 Å². The van der Waals surface area contributed by atoms with Crippen molar-refractivity contribution in [2.45, 2.75) is 10.8 Å². The third-order valence-corrected chi connectivity index (χ3v) is 7.74. The Hall–Kier alpha value is -3.04. The zero-order valence-electron chi connectivity index (χ0n) is 19.2. The molecular formula is C25H27N3O4S2. The van der Waals surface area contributed by atoms with Gasteiger partial charge in [0.15, 0.2) is 10.1 Å². The molecule has 0 atom stereocenters. The van der Waals surface area contributed by atoms with Crippen molar-refractivity contribution in [1.82, 2.24) is 9.88 Å². The third-order valence-electron chi connectivity index (χ3n) is 5.67. The number of hydrogen-bond donors (Lipinski definition) is 0. The van der Waals surface area contributed by atoms with E-state index >= 15 is 0 Å². The standard InChI is InChI=1S/C25H27N3O4S2/c1-31-21-7-3-18(4-8-21)23(29)17-34-25-26-19(16-33-25)15-24(30)28-13-11-27(12-14-28)20-5-9-22(32-2)10-6-20/h3-10,16H,11-15,17H2,1-2H3. The van der Waals surface area contributed by atoms with Gasteiger partial charge in [-0.2, -0.15) is 0 Å². The van der Waals surface area contributed by atoms with E-state index in [1.807, 2.05) is 34.5 Å². The van der Waals surface area contributed by atoms with Crippen LogP contribution in [0.1, 0.15) is 16.1 Å². The Balaban J connectivity index is 1.23. The van der Waals surface area contributed by atoms with Crippen LogP contribution in [-0.2, 0) is 11.2 Å². The maximum atomic E-state index is 12.8. The molecule has 2 aromatic carbocycles. The van der Waals surface area contributed by atoms with Crippen molar-refractivity contribution in [3.8, 4) is 11.5 Å². The highest BCUT2D eigenvalue weighted by Gasteiger charge is 2.22. The van der Waals surface area contributed by atoms with Gasteiger partial charge in [0.05, 0.1) is 32.1 Å². The molecule has 1 amide bonds. The number of benzene rings is 2. The molecule has 1 aliphatic heterocycles. The van der Waals surface area contributed by atoms with E-state index in [0.717, 1.165) is 40.3 Å². The first kappa shape index (κ1) is 24.1. The predicted octanol–water partition coefficient (Wildman–Crippen LogP) is 4.03. The summed E-state index contributed by atoms with van der Waals surface area (Å²) in [6.45, 7) is 2.97. The molecule has 3 aromatic rings. The molecule has 0 N–H and O–H groups in total. The second kappa shape index (κ2) is 11.4. The summed E-state index contributed by atoms with van der Waals surface area (Å²) in [6, 6.07) is 15.1. The smallest absolute Gasteiger partial charge is 0.228 e. The maximum absolute atomic E-state index is 12.8. The first-order valence-electron chi connectivity index (χ1n) is 11.0. The molecule has 0 unspecified atom stereocenters. The van der Waals surface area contributed by atoms with Crippen LogP contribution >= 0.6 is 23.1 Å². The average Bonchev–Trinajstić information content (AvgIpc) is 3.34. The summed E-state index contributed by atoms with van der Waals surface area (Å²) < 4.78 is 11.1. The molecule has 1 aromatic heterocycles. The number of Topliss-reactive ketones (excluding diaryl/α,β-unsaturated/α-hetero) is 1. The minimum Gasteiger partial charge on any atom is -0.497 e. The molecule has 0 aliphatic carbocycles. The van der Waals surface area contributed by atoms with Gasteiger partial charge in [0, 0.05) is 42.8 Å². The highest BCUT2D eigenvalue weighted by molar-refractivity contribution is 8.01. The summed E-state index contributed by atoms with van der Waals surface area (Å²) in [5.74, 6) is 1.99. The Bertz CT molecular complexity index is 1110. The lowest BCUT2D eigenvalue weighted by Crippen LogP contribution is -2.49. The van der Waals surface area contributed by atoms with Gasteiger partial charge in [-0.3, -0.25) is 9.59 Å². The number of ether oxygens (including phenoxy) is 2. The van der Waals surface area contributed by atoms with Crippen molar-refractivity contribution in [3.05, 3.63) is 65.2 Å². The lowest BCUT2D eigenvalue weighted by Gasteiger charge is -2.36. The summed E-state index contributed by atoms with van der Waals surface area (Å²) in [6.07, 6.45) is 0.284. The van der Waals surface area contributed by atoms with Crippen LogP contribution in [0.2, 0.25) is 0 Å². The Kier molecular flexibility index (Phi) is 8.08. The lowest BCUT2D eigenvalue weighted by atomic mass is 10.1. The van der Waals surface area contributed by atoms with E-state index in [-0.39, 0.29) is 18.1 Å². The Morgan fingerprint density at radius 1 is 0.941 bits per heavy atom. The topological polar surface area (TPSA) is 72.0 Å². The summed E-state index contributed by atoms with van der Waals surface area (Å²) in [5, 5.41) is 1.91. The Morgan fingerprint density at radius 3 is 2.18 bits per heavy atom. The lowest BCUT2D eigenvalue weighted by molar-refractivity contribution is -0.130. The van der Waals surface area contributed by atoms with E-state index in [9.17, 15) is 9.59 Å². The van der Waals surface area contributed by atoms with Crippen LogP contribution in [0.3, 0.4) is 0 Å². The maximum Gasteiger partial charge on any atom is 0.228 e. The number of nitrogens with zero attached hydrogens (tertiary/aromatic N) is 3. The van der Waals surface area contributed by atoms with Crippen molar-refractivity contribution in [3.63, 3.8) is 0 Å². The number of ketones is 1. The van der Waals surface area contributed by atoms with Crippen LogP contribution in [-0.4, -0.2) is 67.7 Å². The molecule has 4 rings (SSSR count). The summed E-state index contributed by atoms with van der Waals surface area (Å²) in [4.78, 5) is 33.9. The van der Waals surface area contributed by atoms with Gasteiger partial charge in [0.1, 0.15) is 11.5 Å². The fraction of sp³-hybridized carbons (Fsp3) is 0.320. The number of thiazole rings is 1. The van der Waals surface area contributed by atoms with E-state index in [0.29, 0.717) is 24.4 Å². The molecule has 178 valence electrons. The van der Waals surface area contributed by atoms with Gasteiger partial charge in [-0.15, -0.1) is 11.3 Å². The normalized spacial score (nSPS) is 13.6. The molecule has 1 saturated heterocycles. The third kappa shape index (κ3) is 6.09. The summed E-state index contributed by atoms with van der Waals surface area (Å²) in [7, 11) is 3.26. The van der Waals surface area contributed by atoms with Gasteiger partial charge >= 0.3 is 0 Å². The zero-order valence-corrected chi connectivity index (χ0v) is 20.9. The van der Waals surface area contributed by atoms with E-state index in [2.05, 4.69) is 9.88 Å². The highest BCUT2D eigenvalue weighted by atomic mass is 32.2. The van der Waals surface area contributed by atoms with E-state index < -0.39 is 0 Å². The number of rotatable bonds is 9. The monoisotopic (exact) mass is 497 g/mol. The molecule has 9 heteroatoms. The van der Waals surface area contributed by atoms with Crippen molar-refractivity contribution in [1.29, 1.82) is 0 Å². The second-order valence-corrected chi connectivity index (χ2v) is 9.87. The largest absolute Gasteiger partial charge is 0.497 e. The quantitative estimate of drug-likeness (QED) is 0.327. The number of hydrogen-bond acceptors (Lipinski definition) is 8. The van der Waals surface area contributed by atoms with Gasteiger partial charge in [-0.05, 0) is 48.5 Å². The Labute approximate surface area is 207 Å². The zero-order chi connectivity index (χ0) is 23.9. The molecule has 0 radical (unpaired) electrons. The van der Waals surface area contributed by atoms with Gasteiger partial charge in [-0.1, -0.05) is 11.8 Å².